The fraction of sp³-hybridized carbons (Fsp3) is 0.0476. The minimum atomic E-state index is 0.608. The Morgan fingerprint density at radius 1 is 0.926 bits per heavy atom. The van der Waals surface area contributed by atoms with E-state index < -0.39 is 0 Å². The summed E-state index contributed by atoms with van der Waals surface area (Å²) in [6.45, 7) is 0.608. The molecule has 0 atom stereocenters. The fourth-order valence-electron chi connectivity index (χ4n) is 3.26. The fourth-order valence-corrected chi connectivity index (χ4v) is 3.39. The summed E-state index contributed by atoms with van der Waals surface area (Å²) in [5, 5.41) is 7.17. The lowest BCUT2D eigenvalue weighted by molar-refractivity contribution is 1.33. The second-order valence-electron chi connectivity index (χ2n) is 6.19. The van der Waals surface area contributed by atoms with Crippen molar-refractivity contribution in [2.24, 2.45) is 9.98 Å². The molecule has 130 valence electrons. The molecule has 2 aromatic heterocycles. The van der Waals surface area contributed by atoms with Crippen LogP contribution in [0.1, 0.15) is 5.56 Å². The molecule has 0 aliphatic carbocycles. The number of nitrogens with one attached hydrogen (secondary N) is 1. The van der Waals surface area contributed by atoms with Gasteiger partial charge in [-0.3, -0.25) is 9.98 Å². The Labute approximate surface area is 160 Å². The molecule has 27 heavy (non-hydrogen) atoms. The highest BCUT2D eigenvalue weighted by atomic mass is 35.5. The number of hydrogen-bond donors (Lipinski definition) is 1. The van der Waals surface area contributed by atoms with E-state index in [2.05, 4.69) is 26.4 Å². The Balaban J connectivity index is 1.77. The number of aliphatic imine (C=N–C) groups is 2. The average Bonchev–Trinajstić information content (AvgIpc) is 3.24. The zero-order valence-corrected chi connectivity index (χ0v) is 15.0. The summed E-state index contributed by atoms with van der Waals surface area (Å²) in [6, 6.07) is 15.6. The van der Waals surface area contributed by atoms with Crippen LogP contribution in [0.2, 0.25) is 5.02 Å². The number of benzene rings is 2. The largest absolute Gasteiger partial charge is 0.340 e. The molecule has 0 saturated heterocycles. The summed E-state index contributed by atoms with van der Waals surface area (Å²) in [4.78, 5) is 18.1. The highest BCUT2D eigenvalue weighted by Crippen LogP contribution is 2.32. The summed E-state index contributed by atoms with van der Waals surface area (Å²) in [7, 11) is 0. The maximum Gasteiger partial charge on any atom is 0.156 e. The molecule has 0 amide bonds. The van der Waals surface area contributed by atoms with E-state index in [1.165, 1.54) is 0 Å². The molecule has 3 heterocycles. The van der Waals surface area contributed by atoms with Gasteiger partial charge in [0, 0.05) is 51.0 Å². The first kappa shape index (κ1) is 15.9. The molecule has 0 bridgehead atoms. The van der Waals surface area contributed by atoms with Gasteiger partial charge in [-0.25, -0.2) is 9.98 Å². The first-order chi connectivity index (χ1) is 13.3. The van der Waals surface area contributed by atoms with Crippen LogP contribution in [0.5, 0.6) is 0 Å². The van der Waals surface area contributed by atoms with Crippen LogP contribution in [0, 0.1) is 0 Å². The number of fused-ring (bicyclic) bond motifs is 3. The van der Waals surface area contributed by atoms with Crippen LogP contribution < -0.4 is 5.32 Å². The van der Waals surface area contributed by atoms with E-state index in [0.29, 0.717) is 17.4 Å². The predicted octanol–water partition coefficient (Wildman–Crippen LogP) is 5.01. The Bertz CT molecular complexity index is 1230. The molecule has 1 aliphatic heterocycles. The Hall–Kier alpha value is -3.31. The van der Waals surface area contributed by atoms with Crippen LogP contribution in [0.4, 0.5) is 11.5 Å². The summed E-state index contributed by atoms with van der Waals surface area (Å²) in [5.74, 6) is 1.48. The quantitative estimate of drug-likeness (QED) is 0.515. The molecule has 6 heteroatoms. The second-order valence-corrected chi connectivity index (χ2v) is 6.63. The molecule has 5 nitrogen and oxygen atoms in total. The monoisotopic (exact) mass is 371 g/mol. The lowest BCUT2D eigenvalue weighted by Crippen LogP contribution is -2.01. The van der Waals surface area contributed by atoms with Gasteiger partial charge in [-0.05, 0) is 36.4 Å². The van der Waals surface area contributed by atoms with Crippen LogP contribution in [0.15, 0.2) is 70.9 Å². The van der Waals surface area contributed by atoms with Gasteiger partial charge in [0.15, 0.2) is 5.84 Å². The standard InChI is InChI=1S/C21H14ClN5/c22-13-4-6-14(7-5-13)26-21-16-8-9-23-12-18(16)15-2-1-3-17(19(15)27-21)20-24-10-11-25-20/h1-10,12H,11H2,(H,26,27). The number of halogens is 1. The molecule has 2 aromatic carbocycles. The SMILES string of the molecule is Clc1ccc(Nc2nc3c(C4=NCC=N4)cccc3c3cnccc23)cc1. The maximum absolute atomic E-state index is 6.00. The van der Waals surface area contributed by atoms with E-state index in [-0.39, 0.29) is 0 Å². The third-order valence-electron chi connectivity index (χ3n) is 4.51. The van der Waals surface area contributed by atoms with E-state index >= 15 is 0 Å². The summed E-state index contributed by atoms with van der Waals surface area (Å²) in [5.41, 5.74) is 2.69. The summed E-state index contributed by atoms with van der Waals surface area (Å²) < 4.78 is 0. The van der Waals surface area contributed by atoms with Crippen LogP contribution >= 0.6 is 11.6 Å². The lowest BCUT2D eigenvalue weighted by atomic mass is 10.0. The average molecular weight is 372 g/mol. The van der Waals surface area contributed by atoms with Crippen molar-refractivity contribution in [1.82, 2.24) is 9.97 Å². The zero-order valence-electron chi connectivity index (χ0n) is 14.2. The molecule has 1 N–H and O–H groups in total. The molecule has 0 saturated carbocycles. The molecule has 0 fully saturated rings. The number of rotatable bonds is 3. The lowest BCUT2D eigenvalue weighted by Gasteiger charge is -2.13. The Morgan fingerprint density at radius 2 is 1.81 bits per heavy atom. The molecule has 4 aromatic rings. The molecule has 0 unspecified atom stereocenters. The van der Waals surface area contributed by atoms with Gasteiger partial charge >= 0.3 is 0 Å². The smallest absolute Gasteiger partial charge is 0.156 e. The van der Waals surface area contributed by atoms with Gasteiger partial charge in [0.25, 0.3) is 0 Å². The van der Waals surface area contributed by atoms with Crippen LogP contribution in [-0.2, 0) is 0 Å². The molecule has 1 aliphatic rings. The van der Waals surface area contributed by atoms with Crippen molar-refractivity contribution in [3.8, 4) is 0 Å². The number of para-hydroxylation sites is 1. The van der Waals surface area contributed by atoms with Crippen molar-refractivity contribution in [2.45, 2.75) is 0 Å². The zero-order chi connectivity index (χ0) is 18.2. The minimum absolute atomic E-state index is 0.608. The van der Waals surface area contributed by atoms with Gasteiger partial charge in [0.2, 0.25) is 0 Å². The third kappa shape index (κ3) is 2.82. The van der Waals surface area contributed by atoms with Gasteiger partial charge in [-0.15, -0.1) is 0 Å². The first-order valence-electron chi connectivity index (χ1n) is 8.56. The van der Waals surface area contributed by atoms with Crippen molar-refractivity contribution >= 4 is 56.8 Å². The number of pyridine rings is 2. The molecule has 0 spiro atoms. The van der Waals surface area contributed by atoms with Gasteiger partial charge < -0.3 is 5.32 Å². The van der Waals surface area contributed by atoms with E-state index in [4.69, 9.17) is 16.6 Å². The van der Waals surface area contributed by atoms with Gasteiger partial charge in [0.05, 0.1) is 12.1 Å². The molecular formula is C21H14ClN5. The highest BCUT2D eigenvalue weighted by Gasteiger charge is 2.15. The van der Waals surface area contributed by atoms with Crippen molar-refractivity contribution in [3.63, 3.8) is 0 Å². The number of nitrogens with zero attached hydrogens (tertiary/aromatic N) is 4. The number of amidine groups is 1. The van der Waals surface area contributed by atoms with E-state index in [0.717, 1.165) is 38.7 Å². The van der Waals surface area contributed by atoms with Gasteiger partial charge in [0.1, 0.15) is 5.82 Å². The Morgan fingerprint density at radius 3 is 2.63 bits per heavy atom. The van der Waals surface area contributed by atoms with Crippen LogP contribution in [-0.4, -0.2) is 28.6 Å². The van der Waals surface area contributed by atoms with Crippen molar-refractivity contribution in [1.29, 1.82) is 0 Å². The van der Waals surface area contributed by atoms with E-state index in [1.807, 2.05) is 54.9 Å². The minimum Gasteiger partial charge on any atom is -0.340 e. The topological polar surface area (TPSA) is 62.5 Å². The second kappa shape index (κ2) is 6.45. The van der Waals surface area contributed by atoms with Crippen molar-refractivity contribution < 1.29 is 0 Å². The summed E-state index contributed by atoms with van der Waals surface area (Å²) >= 11 is 6.00. The molecule has 5 rings (SSSR count). The normalized spacial score (nSPS) is 13.3. The first-order valence-corrected chi connectivity index (χ1v) is 8.94. The van der Waals surface area contributed by atoms with E-state index in [1.54, 1.807) is 6.20 Å². The van der Waals surface area contributed by atoms with Crippen LogP contribution in [0.3, 0.4) is 0 Å². The number of anilines is 2. The van der Waals surface area contributed by atoms with Gasteiger partial charge in [-0.2, -0.15) is 0 Å². The summed E-state index contributed by atoms with van der Waals surface area (Å²) in [6.07, 6.45) is 5.46. The third-order valence-corrected chi connectivity index (χ3v) is 4.76. The number of hydrogen-bond acceptors (Lipinski definition) is 5. The van der Waals surface area contributed by atoms with Crippen molar-refractivity contribution in [3.05, 3.63) is 71.5 Å². The van der Waals surface area contributed by atoms with Gasteiger partial charge in [-0.1, -0.05) is 23.7 Å². The van der Waals surface area contributed by atoms with Crippen molar-refractivity contribution in [2.75, 3.05) is 11.9 Å². The molecule has 0 radical (unpaired) electrons. The Kier molecular flexibility index (Phi) is 3.80. The maximum atomic E-state index is 6.00. The van der Waals surface area contributed by atoms with E-state index in [9.17, 15) is 0 Å². The predicted molar refractivity (Wildman–Crippen MR) is 112 cm³/mol. The van der Waals surface area contributed by atoms with Crippen LogP contribution in [0.25, 0.3) is 21.7 Å². The molecular weight excluding hydrogens is 358 g/mol. The highest BCUT2D eigenvalue weighted by molar-refractivity contribution is 6.30. The number of aromatic nitrogens is 2.